The molecule has 0 radical (unpaired) electrons. The first-order valence-electron chi connectivity index (χ1n) is 3.18. The summed E-state index contributed by atoms with van der Waals surface area (Å²) >= 11 is 2.95. The van der Waals surface area contributed by atoms with Gasteiger partial charge in [-0.05, 0) is 21.8 Å². The van der Waals surface area contributed by atoms with Crippen molar-refractivity contribution in [3.63, 3.8) is 0 Å². The molecule has 0 aromatic rings. The van der Waals surface area contributed by atoms with Gasteiger partial charge >= 0.3 is 5.97 Å². The van der Waals surface area contributed by atoms with Crippen molar-refractivity contribution in [3.05, 3.63) is 10.6 Å². The summed E-state index contributed by atoms with van der Waals surface area (Å²) in [6.07, 6.45) is 2.66. The molecule has 0 heterocycles. The minimum absolute atomic E-state index is 0.252. The molecule has 0 aliphatic carbocycles. The average molecular weight is 207 g/mol. The summed E-state index contributed by atoms with van der Waals surface area (Å²) in [5.74, 6) is -0.578. The van der Waals surface area contributed by atoms with Crippen molar-refractivity contribution in [1.29, 1.82) is 0 Å². The molecule has 0 fully saturated rings. The van der Waals surface area contributed by atoms with Crippen LogP contribution in [0.1, 0.15) is 20.3 Å². The first-order chi connectivity index (χ1) is 4.57. The van der Waals surface area contributed by atoms with Crippen molar-refractivity contribution in [1.82, 2.24) is 0 Å². The summed E-state index contributed by atoms with van der Waals surface area (Å²) in [4.78, 5) is 10.2. The maximum absolute atomic E-state index is 10.2. The maximum Gasteiger partial charge on any atom is 0.342 e. The van der Waals surface area contributed by atoms with E-state index in [0.29, 0.717) is 5.92 Å². The van der Waals surface area contributed by atoms with Crippen LogP contribution >= 0.6 is 15.9 Å². The predicted octanol–water partition coefficient (Wildman–Crippen LogP) is 2.40. The van der Waals surface area contributed by atoms with E-state index < -0.39 is 5.97 Å². The fourth-order valence-corrected chi connectivity index (χ4v) is 0.890. The van der Waals surface area contributed by atoms with Gasteiger partial charge in [-0.25, -0.2) is 4.79 Å². The summed E-state index contributed by atoms with van der Waals surface area (Å²) in [5.41, 5.74) is 0. The van der Waals surface area contributed by atoms with E-state index in [1.54, 1.807) is 6.08 Å². The first-order valence-corrected chi connectivity index (χ1v) is 3.97. The molecule has 10 heavy (non-hydrogen) atoms. The number of halogens is 1. The fraction of sp³-hybridized carbons (Fsp3) is 0.571. The van der Waals surface area contributed by atoms with Crippen LogP contribution in [0.4, 0.5) is 0 Å². The number of carboxylic acid groups (broad SMARTS) is 1. The molecule has 0 aromatic carbocycles. The highest BCUT2D eigenvalue weighted by atomic mass is 79.9. The van der Waals surface area contributed by atoms with Gasteiger partial charge in [-0.15, -0.1) is 0 Å². The Kier molecular flexibility index (Phi) is 4.36. The summed E-state index contributed by atoms with van der Waals surface area (Å²) in [6, 6.07) is 0. The van der Waals surface area contributed by atoms with E-state index in [4.69, 9.17) is 5.11 Å². The monoisotopic (exact) mass is 206 g/mol. The Bertz CT molecular complexity index is 152. The molecule has 3 heteroatoms. The summed E-state index contributed by atoms with van der Waals surface area (Å²) in [7, 11) is 0. The maximum atomic E-state index is 10.2. The molecule has 0 aromatic heterocycles. The lowest BCUT2D eigenvalue weighted by molar-refractivity contribution is -0.131. The molecular weight excluding hydrogens is 196 g/mol. The van der Waals surface area contributed by atoms with Crippen LogP contribution in [0, 0.1) is 5.92 Å². The molecule has 0 saturated heterocycles. The lowest BCUT2D eigenvalue weighted by Gasteiger charge is -1.99. The normalized spacial score (nSPS) is 14.9. The second kappa shape index (κ2) is 4.50. The summed E-state index contributed by atoms with van der Waals surface area (Å²) in [6.45, 7) is 3.99. The van der Waals surface area contributed by atoms with Crippen molar-refractivity contribution in [2.24, 2.45) is 5.92 Å². The third kappa shape index (κ3) is 3.67. The van der Waals surface area contributed by atoms with Crippen LogP contribution < -0.4 is 0 Å². The van der Waals surface area contributed by atoms with Crippen molar-refractivity contribution in [2.45, 2.75) is 20.3 Å². The molecule has 0 saturated carbocycles. The molecular formula is C7H11BrO2. The van der Waals surface area contributed by atoms with Gasteiger partial charge < -0.3 is 5.11 Å². The first kappa shape index (κ1) is 9.69. The van der Waals surface area contributed by atoms with E-state index in [1.807, 2.05) is 13.8 Å². The van der Waals surface area contributed by atoms with Crippen LogP contribution in [0.25, 0.3) is 0 Å². The largest absolute Gasteiger partial charge is 0.477 e. The van der Waals surface area contributed by atoms with Crippen LogP contribution in [0.15, 0.2) is 10.6 Å². The number of allylic oxidation sites excluding steroid dienone is 1. The Balaban J connectivity index is 4.02. The Hall–Kier alpha value is -0.310. The Morgan fingerprint density at radius 3 is 2.60 bits per heavy atom. The van der Waals surface area contributed by atoms with Gasteiger partial charge in [-0.2, -0.15) is 0 Å². The zero-order valence-electron chi connectivity index (χ0n) is 6.10. The molecule has 0 spiro atoms. The van der Waals surface area contributed by atoms with Crippen LogP contribution in [0.5, 0.6) is 0 Å². The van der Waals surface area contributed by atoms with Crippen molar-refractivity contribution >= 4 is 21.9 Å². The van der Waals surface area contributed by atoms with Crippen LogP contribution in [-0.4, -0.2) is 11.1 Å². The molecule has 0 amide bonds. The summed E-state index contributed by atoms with van der Waals surface area (Å²) < 4.78 is 0.252. The van der Waals surface area contributed by atoms with Gasteiger partial charge in [0.25, 0.3) is 0 Å². The molecule has 0 aliphatic rings. The molecule has 1 atom stereocenters. The van der Waals surface area contributed by atoms with Crippen LogP contribution in [0.3, 0.4) is 0 Å². The van der Waals surface area contributed by atoms with Crippen LogP contribution in [0.2, 0.25) is 0 Å². The number of hydrogen-bond donors (Lipinski definition) is 1. The van der Waals surface area contributed by atoms with E-state index in [9.17, 15) is 4.79 Å². The van der Waals surface area contributed by atoms with Gasteiger partial charge in [0.2, 0.25) is 0 Å². The minimum Gasteiger partial charge on any atom is -0.477 e. The lowest BCUT2D eigenvalue weighted by Crippen LogP contribution is -1.96. The SMILES string of the molecule is CCC(C)/C=C(/Br)C(=O)O. The number of aliphatic carboxylic acids is 1. The van der Waals surface area contributed by atoms with Gasteiger partial charge in [0.15, 0.2) is 0 Å². The van der Waals surface area contributed by atoms with Crippen molar-refractivity contribution in [2.75, 3.05) is 0 Å². The zero-order valence-corrected chi connectivity index (χ0v) is 7.68. The molecule has 0 aliphatic heterocycles. The standard InChI is InChI=1S/C7H11BrO2/c1-3-5(2)4-6(8)7(9)10/h4-5H,3H2,1-2H3,(H,9,10)/b6-4+. The van der Waals surface area contributed by atoms with Crippen LogP contribution in [-0.2, 0) is 4.79 Å². The van der Waals surface area contributed by atoms with Crippen molar-refractivity contribution in [3.8, 4) is 0 Å². The van der Waals surface area contributed by atoms with E-state index in [2.05, 4.69) is 15.9 Å². The third-order valence-electron chi connectivity index (χ3n) is 1.28. The van der Waals surface area contributed by atoms with E-state index in [1.165, 1.54) is 0 Å². The third-order valence-corrected chi connectivity index (χ3v) is 1.88. The molecule has 2 nitrogen and oxygen atoms in total. The lowest BCUT2D eigenvalue weighted by atomic mass is 10.1. The Labute approximate surface area is 69.1 Å². The summed E-state index contributed by atoms with van der Waals surface area (Å²) in [5, 5.41) is 8.41. The highest BCUT2D eigenvalue weighted by molar-refractivity contribution is 9.12. The molecule has 58 valence electrons. The second-order valence-electron chi connectivity index (χ2n) is 2.21. The smallest absolute Gasteiger partial charge is 0.342 e. The predicted molar refractivity (Wildman–Crippen MR) is 44.1 cm³/mol. The minimum atomic E-state index is -0.903. The van der Waals surface area contributed by atoms with E-state index >= 15 is 0 Å². The van der Waals surface area contributed by atoms with Gasteiger partial charge in [-0.3, -0.25) is 0 Å². The van der Waals surface area contributed by atoms with E-state index in [0.717, 1.165) is 6.42 Å². The number of rotatable bonds is 3. The molecule has 1 unspecified atom stereocenters. The van der Waals surface area contributed by atoms with E-state index in [-0.39, 0.29) is 4.48 Å². The molecule has 1 N–H and O–H groups in total. The van der Waals surface area contributed by atoms with Gasteiger partial charge in [0.05, 0.1) is 4.48 Å². The topological polar surface area (TPSA) is 37.3 Å². The van der Waals surface area contributed by atoms with Crippen molar-refractivity contribution < 1.29 is 9.90 Å². The molecule has 0 rings (SSSR count). The Morgan fingerprint density at radius 2 is 2.30 bits per heavy atom. The van der Waals surface area contributed by atoms with Gasteiger partial charge in [0, 0.05) is 0 Å². The average Bonchev–Trinajstić information content (AvgIpc) is 1.87. The fourth-order valence-electron chi connectivity index (χ4n) is 0.439. The highest BCUT2D eigenvalue weighted by Crippen LogP contribution is 2.11. The number of hydrogen-bond acceptors (Lipinski definition) is 1. The zero-order chi connectivity index (χ0) is 8.15. The number of carboxylic acids is 1. The highest BCUT2D eigenvalue weighted by Gasteiger charge is 2.03. The number of carbonyl (C=O) groups is 1. The molecule has 0 bridgehead atoms. The van der Waals surface area contributed by atoms with Gasteiger partial charge in [0.1, 0.15) is 0 Å². The quantitative estimate of drug-likeness (QED) is 0.721. The Morgan fingerprint density at radius 1 is 1.80 bits per heavy atom. The second-order valence-corrected chi connectivity index (χ2v) is 3.06. The van der Waals surface area contributed by atoms with Gasteiger partial charge in [-0.1, -0.05) is 26.3 Å².